The summed E-state index contributed by atoms with van der Waals surface area (Å²) in [6.07, 6.45) is 0.783. The van der Waals surface area contributed by atoms with Gasteiger partial charge in [0.05, 0.1) is 8.07 Å². The van der Waals surface area contributed by atoms with E-state index in [0.717, 1.165) is 17.5 Å². The zero-order valence-electron chi connectivity index (χ0n) is 9.74. The molecule has 1 aromatic carbocycles. The lowest BCUT2D eigenvalue weighted by Gasteiger charge is -2.19. The van der Waals surface area contributed by atoms with Gasteiger partial charge in [-0.2, -0.15) is 0 Å². The van der Waals surface area contributed by atoms with Crippen LogP contribution in [0.3, 0.4) is 0 Å². The van der Waals surface area contributed by atoms with Gasteiger partial charge < -0.3 is 0 Å². The molecule has 0 amide bonds. The Morgan fingerprint density at radius 2 is 1.79 bits per heavy atom. The molecule has 14 heavy (non-hydrogen) atoms. The lowest BCUT2D eigenvalue weighted by atomic mass is 10.1. The second-order valence-corrected chi connectivity index (χ2v) is 9.95. The monoisotopic (exact) mass is 210 g/mol. The van der Waals surface area contributed by atoms with Crippen molar-refractivity contribution in [3.05, 3.63) is 29.1 Å². The van der Waals surface area contributed by atoms with Crippen molar-refractivity contribution in [1.29, 1.82) is 0 Å². The Kier molecular flexibility index (Phi) is 3.15. The quantitative estimate of drug-likeness (QED) is 0.657. The summed E-state index contributed by atoms with van der Waals surface area (Å²) >= 11 is 0. The van der Waals surface area contributed by atoms with Crippen LogP contribution in [0.15, 0.2) is 12.1 Å². The molecule has 0 unspecified atom stereocenters. The van der Waals surface area contributed by atoms with Gasteiger partial charge in [0.2, 0.25) is 0 Å². The number of halogens is 1. The molecule has 2 heteroatoms. The standard InChI is InChI=1S/C12H19FSi/c1-6-10-8-11(14(3,4)5)7-9(2)12(10)13/h7-8H,6H2,1-5H3. The number of rotatable bonds is 2. The zero-order chi connectivity index (χ0) is 10.9. The van der Waals surface area contributed by atoms with Crippen molar-refractivity contribution in [2.75, 3.05) is 0 Å². The third-order valence-electron chi connectivity index (χ3n) is 2.58. The fourth-order valence-electron chi connectivity index (χ4n) is 1.53. The number of aryl methyl sites for hydroxylation is 2. The van der Waals surface area contributed by atoms with Crippen molar-refractivity contribution < 1.29 is 4.39 Å². The molecule has 0 atom stereocenters. The van der Waals surface area contributed by atoms with E-state index in [1.54, 1.807) is 0 Å². The van der Waals surface area contributed by atoms with E-state index in [1.165, 1.54) is 5.19 Å². The molecule has 0 nitrogen and oxygen atoms in total. The van der Waals surface area contributed by atoms with E-state index in [-0.39, 0.29) is 5.82 Å². The summed E-state index contributed by atoms with van der Waals surface area (Å²) in [5.74, 6) is -0.0190. The van der Waals surface area contributed by atoms with E-state index in [9.17, 15) is 4.39 Å². The van der Waals surface area contributed by atoms with Gasteiger partial charge in [-0.3, -0.25) is 0 Å². The van der Waals surface area contributed by atoms with Crippen molar-refractivity contribution in [2.45, 2.75) is 39.9 Å². The highest BCUT2D eigenvalue weighted by molar-refractivity contribution is 6.88. The molecular formula is C12H19FSi. The molecule has 1 rings (SSSR count). The van der Waals surface area contributed by atoms with Crippen LogP contribution >= 0.6 is 0 Å². The van der Waals surface area contributed by atoms with E-state index >= 15 is 0 Å². The summed E-state index contributed by atoms with van der Waals surface area (Å²) in [5.41, 5.74) is 1.66. The highest BCUT2D eigenvalue weighted by Crippen LogP contribution is 2.14. The summed E-state index contributed by atoms with van der Waals surface area (Å²) in [7, 11) is -1.30. The SMILES string of the molecule is CCc1cc([Si](C)(C)C)cc(C)c1F. The minimum absolute atomic E-state index is 0.0190. The molecule has 0 saturated heterocycles. The minimum atomic E-state index is -1.30. The predicted octanol–water partition coefficient (Wildman–Crippen LogP) is 3.24. The average Bonchev–Trinajstić information content (AvgIpc) is 2.07. The van der Waals surface area contributed by atoms with E-state index in [4.69, 9.17) is 0 Å². The molecule has 0 aliphatic rings. The molecule has 1 aromatic rings. The highest BCUT2D eigenvalue weighted by Gasteiger charge is 2.18. The molecule has 0 radical (unpaired) electrons. The first-order chi connectivity index (χ1) is 6.36. The summed E-state index contributed by atoms with van der Waals surface area (Å²) < 4.78 is 13.6. The third kappa shape index (κ3) is 2.24. The Bertz CT molecular complexity index is 337. The molecule has 0 aliphatic heterocycles. The van der Waals surface area contributed by atoms with E-state index in [0.29, 0.717) is 0 Å². The van der Waals surface area contributed by atoms with Crippen molar-refractivity contribution in [2.24, 2.45) is 0 Å². The van der Waals surface area contributed by atoms with Crippen LogP contribution in [-0.4, -0.2) is 8.07 Å². The normalized spacial score (nSPS) is 11.9. The van der Waals surface area contributed by atoms with Gasteiger partial charge in [0, 0.05) is 0 Å². The van der Waals surface area contributed by atoms with Crippen LogP contribution in [0.25, 0.3) is 0 Å². The van der Waals surface area contributed by atoms with Crippen LogP contribution < -0.4 is 5.19 Å². The predicted molar refractivity (Wildman–Crippen MR) is 63.5 cm³/mol. The van der Waals surface area contributed by atoms with Gasteiger partial charge in [-0.15, -0.1) is 0 Å². The first kappa shape index (κ1) is 11.4. The fourth-order valence-corrected chi connectivity index (χ4v) is 2.79. The Labute approximate surface area is 87.2 Å². The van der Waals surface area contributed by atoms with Crippen LogP contribution in [0.5, 0.6) is 0 Å². The van der Waals surface area contributed by atoms with E-state index < -0.39 is 8.07 Å². The topological polar surface area (TPSA) is 0 Å². The molecule has 78 valence electrons. The maximum absolute atomic E-state index is 13.6. The Morgan fingerprint density at radius 1 is 1.21 bits per heavy atom. The second kappa shape index (κ2) is 3.85. The van der Waals surface area contributed by atoms with Gasteiger partial charge in [-0.05, 0) is 24.5 Å². The Balaban J connectivity index is 3.30. The van der Waals surface area contributed by atoms with Gasteiger partial charge >= 0.3 is 0 Å². The van der Waals surface area contributed by atoms with E-state index in [2.05, 4.69) is 25.7 Å². The maximum Gasteiger partial charge on any atom is 0.129 e. The van der Waals surface area contributed by atoms with Crippen molar-refractivity contribution in [1.82, 2.24) is 0 Å². The lowest BCUT2D eigenvalue weighted by molar-refractivity contribution is 0.603. The summed E-state index contributed by atoms with van der Waals surface area (Å²) in [6, 6.07) is 4.06. The zero-order valence-corrected chi connectivity index (χ0v) is 10.7. The Morgan fingerprint density at radius 3 is 2.21 bits per heavy atom. The van der Waals surface area contributed by atoms with Crippen LogP contribution in [0.2, 0.25) is 19.6 Å². The van der Waals surface area contributed by atoms with Gasteiger partial charge in [0.25, 0.3) is 0 Å². The highest BCUT2D eigenvalue weighted by atomic mass is 28.3. The molecule has 0 N–H and O–H groups in total. The maximum atomic E-state index is 13.6. The molecule has 0 saturated carbocycles. The molecule has 0 aromatic heterocycles. The molecular weight excluding hydrogens is 191 g/mol. The molecule has 0 fully saturated rings. The summed E-state index contributed by atoms with van der Waals surface area (Å²) in [5, 5.41) is 1.35. The van der Waals surface area contributed by atoms with Gasteiger partial charge in [-0.25, -0.2) is 4.39 Å². The van der Waals surface area contributed by atoms with Crippen LogP contribution in [-0.2, 0) is 6.42 Å². The van der Waals surface area contributed by atoms with Gasteiger partial charge in [0.1, 0.15) is 5.82 Å². The minimum Gasteiger partial charge on any atom is -0.206 e. The summed E-state index contributed by atoms with van der Waals surface area (Å²) in [4.78, 5) is 0. The van der Waals surface area contributed by atoms with Crippen LogP contribution in [0, 0.1) is 12.7 Å². The van der Waals surface area contributed by atoms with E-state index in [1.807, 2.05) is 19.9 Å². The molecule has 0 bridgehead atoms. The van der Waals surface area contributed by atoms with Crippen molar-refractivity contribution >= 4 is 13.3 Å². The fraction of sp³-hybridized carbons (Fsp3) is 0.500. The first-order valence-electron chi connectivity index (χ1n) is 5.15. The second-order valence-electron chi connectivity index (χ2n) is 4.87. The molecule has 0 aliphatic carbocycles. The Hall–Kier alpha value is -0.633. The number of hydrogen-bond acceptors (Lipinski definition) is 0. The van der Waals surface area contributed by atoms with Crippen LogP contribution in [0.4, 0.5) is 4.39 Å². The number of benzene rings is 1. The molecule has 0 heterocycles. The molecule has 0 spiro atoms. The third-order valence-corrected chi connectivity index (χ3v) is 4.60. The van der Waals surface area contributed by atoms with Crippen molar-refractivity contribution in [3.63, 3.8) is 0 Å². The largest absolute Gasteiger partial charge is 0.206 e. The number of hydrogen-bond donors (Lipinski definition) is 0. The van der Waals surface area contributed by atoms with Gasteiger partial charge in [-0.1, -0.05) is 43.9 Å². The first-order valence-corrected chi connectivity index (χ1v) is 8.65. The lowest BCUT2D eigenvalue weighted by Crippen LogP contribution is -2.38. The average molecular weight is 210 g/mol. The summed E-state index contributed by atoms with van der Waals surface area (Å²) in [6.45, 7) is 10.7. The van der Waals surface area contributed by atoms with Gasteiger partial charge in [0.15, 0.2) is 0 Å². The van der Waals surface area contributed by atoms with Crippen molar-refractivity contribution in [3.8, 4) is 0 Å². The smallest absolute Gasteiger partial charge is 0.129 e. The van der Waals surface area contributed by atoms with Crippen LogP contribution in [0.1, 0.15) is 18.1 Å².